The molecule has 0 fully saturated rings. The number of phenolic OH excluding ortho intramolecular Hbond substituents is 1. The van der Waals surface area contributed by atoms with Crippen LogP contribution in [0.2, 0.25) is 0 Å². The molecule has 0 aliphatic rings. The molecule has 4 aromatic rings. The van der Waals surface area contributed by atoms with Crippen LogP contribution < -0.4 is 4.74 Å². The van der Waals surface area contributed by atoms with Crippen LogP contribution in [0.25, 0.3) is 32.1 Å². The highest BCUT2D eigenvalue weighted by Crippen LogP contribution is 2.43. The summed E-state index contributed by atoms with van der Waals surface area (Å²) in [4.78, 5) is 9.65. The largest absolute Gasteiger partial charge is 0.507 e. The van der Waals surface area contributed by atoms with E-state index in [9.17, 15) is 5.11 Å². The van der Waals surface area contributed by atoms with Crippen LogP contribution in [-0.2, 0) is 0 Å². The number of furan rings is 1. The van der Waals surface area contributed by atoms with Crippen molar-refractivity contribution in [1.29, 1.82) is 0 Å². The zero-order valence-electron chi connectivity index (χ0n) is 12.2. The zero-order valence-corrected chi connectivity index (χ0v) is 13.0. The molecule has 1 aromatic carbocycles. The van der Waals surface area contributed by atoms with E-state index in [1.165, 1.54) is 17.7 Å². The van der Waals surface area contributed by atoms with Gasteiger partial charge in [0.1, 0.15) is 23.6 Å². The fraction of sp³-hybridized carbons (Fsp3) is 0.0588. The van der Waals surface area contributed by atoms with Crippen molar-refractivity contribution in [3.05, 3.63) is 49.0 Å². The van der Waals surface area contributed by atoms with Gasteiger partial charge in [-0.05, 0) is 30.3 Å². The average molecular weight is 324 g/mol. The topological polar surface area (TPSA) is 68.4 Å². The molecule has 0 saturated heterocycles. The monoisotopic (exact) mass is 324 g/mol. The zero-order chi connectivity index (χ0) is 15.8. The standard InChI is InChI=1S/C17H12N2O3S/c1-21-13-5-2-4-11(20)15(13)16-17-10(18-9-19-16)8-14(23-17)12-6-3-7-22-12/h2-9,20H,1H3. The average Bonchev–Trinajstić information content (AvgIpc) is 3.23. The van der Waals surface area contributed by atoms with Gasteiger partial charge in [-0.15, -0.1) is 11.3 Å². The van der Waals surface area contributed by atoms with Crippen molar-refractivity contribution < 1.29 is 14.3 Å². The first kappa shape index (κ1) is 13.8. The smallest absolute Gasteiger partial charge is 0.143 e. The van der Waals surface area contributed by atoms with E-state index in [2.05, 4.69) is 9.97 Å². The van der Waals surface area contributed by atoms with Crippen LogP contribution in [0.5, 0.6) is 11.5 Å². The van der Waals surface area contributed by atoms with E-state index >= 15 is 0 Å². The van der Waals surface area contributed by atoms with Gasteiger partial charge in [-0.1, -0.05) is 6.07 Å². The third-order valence-corrected chi connectivity index (χ3v) is 4.68. The normalized spacial score (nSPS) is 11.0. The molecular formula is C17H12N2O3S. The van der Waals surface area contributed by atoms with E-state index in [1.807, 2.05) is 18.2 Å². The van der Waals surface area contributed by atoms with Crippen molar-refractivity contribution in [3.8, 4) is 33.4 Å². The molecule has 0 saturated carbocycles. The Morgan fingerprint density at radius 3 is 2.87 bits per heavy atom. The highest BCUT2D eigenvalue weighted by Gasteiger charge is 2.18. The minimum absolute atomic E-state index is 0.122. The number of nitrogens with zero attached hydrogens (tertiary/aromatic N) is 2. The number of ether oxygens (including phenoxy) is 1. The molecule has 0 bridgehead atoms. The van der Waals surface area contributed by atoms with Crippen molar-refractivity contribution >= 4 is 21.6 Å². The predicted molar refractivity (Wildman–Crippen MR) is 88.8 cm³/mol. The number of hydrogen-bond acceptors (Lipinski definition) is 6. The van der Waals surface area contributed by atoms with Crippen LogP contribution in [0.4, 0.5) is 0 Å². The molecule has 0 unspecified atom stereocenters. The van der Waals surface area contributed by atoms with Gasteiger partial charge in [0.25, 0.3) is 0 Å². The third-order valence-electron chi connectivity index (χ3n) is 3.54. The first-order valence-corrected chi connectivity index (χ1v) is 7.74. The van der Waals surface area contributed by atoms with Gasteiger partial charge in [0.2, 0.25) is 0 Å². The number of fused-ring (bicyclic) bond motifs is 1. The number of aromatic hydroxyl groups is 1. The van der Waals surface area contributed by atoms with Gasteiger partial charge in [-0.2, -0.15) is 0 Å². The summed E-state index contributed by atoms with van der Waals surface area (Å²) in [6.45, 7) is 0. The first-order chi connectivity index (χ1) is 11.3. The Morgan fingerprint density at radius 2 is 2.09 bits per heavy atom. The number of rotatable bonds is 3. The van der Waals surface area contributed by atoms with E-state index in [0.717, 1.165) is 20.9 Å². The molecule has 3 aromatic heterocycles. The number of hydrogen-bond donors (Lipinski definition) is 1. The van der Waals surface area contributed by atoms with Crippen molar-refractivity contribution in [3.63, 3.8) is 0 Å². The van der Waals surface area contributed by atoms with Gasteiger partial charge < -0.3 is 14.3 Å². The van der Waals surface area contributed by atoms with Crippen LogP contribution >= 0.6 is 11.3 Å². The van der Waals surface area contributed by atoms with Crippen LogP contribution in [-0.4, -0.2) is 22.2 Å². The summed E-state index contributed by atoms with van der Waals surface area (Å²) in [5.41, 5.74) is 2.01. The molecule has 0 spiro atoms. The Kier molecular flexibility index (Phi) is 3.24. The molecule has 0 amide bonds. The number of methoxy groups -OCH3 is 1. The second-order valence-electron chi connectivity index (χ2n) is 4.88. The summed E-state index contributed by atoms with van der Waals surface area (Å²) in [6, 6.07) is 10.9. The van der Waals surface area contributed by atoms with Crippen LogP contribution in [0.3, 0.4) is 0 Å². The highest BCUT2D eigenvalue weighted by molar-refractivity contribution is 7.22. The second-order valence-corrected chi connectivity index (χ2v) is 5.93. The number of aromatic nitrogens is 2. The predicted octanol–water partition coefficient (Wildman–Crippen LogP) is 4.33. The highest BCUT2D eigenvalue weighted by atomic mass is 32.1. The lowest BCUT2D eigenvalue weighted by Crippen LogP contribution is -1.91. The molecule has 6 heteroatoms. The Morgan fingerprint density at radius 1 is 1.17 bits per heavy atom. The van der Waals surface area contributed by atoms with Crippen molar-refractivity contribution in [2.24, 2.45) is 0 Å². The van der Waals surface area contributed by atoms with E-state index in [-0.39, 0.29) is 5.75 Å². The third kappa shape index (κ3) is 2.24. The second kappa shape index (κ2) is 5.40. The van der Waals surface area contributed by atoms with Crippen LogP contribution in [0.15, 0.2) is 53.4 Å². The van der Waals surface area contributed by atoms with E-state index in [1.54, 1.807) is 31.6 Å². The first-order valence-electron chi connectivity index (χ1n) is 6.92. The van der Waals surface area contributed by atoms with Gasteiger partial charge in [-0.25, -0.2) is 9.97 Å². The molecule has 1 N–H and O–H groups in total. The van der Waals surface area contributed by atoms with Gasteiger partial charge in [0, 0.05) is 0 Å². The van der Waals surface area contributed by atoms with Crippen molar-refractivity contribution in [2.45, 2.75) is 0 Å². The van der Waals surface area contributed by atoms with Crippen molar-refractivity contribution in [2.75, 3.05) is 7.11 Å². The lowest BCUT2D eigenvalue weighted by atomic mass is 10.1. The van der Waals surface area contributed by atoms with Gasteiger partial charge >= 0.3 is 0 Å². The molecule has 0 atom stereocenters. The maximum Gasteiger partial charge on any atom is 0.143 e. The van der Waals surface area contributed by atoms with E-state index < -0.39 is 0 Å². The molecule has 0 radical (unpaired) electrons. The number of phenols is 1. The summed E-state index contributed by atoms with van der Waals surface area (Å²) < 4.78 is 11.7. The summed E-state index contributed by atoms with van der Waals surface area (Å²) >= 11 is 1.52. The fourth-order valence-electron chi connectivity index (χ4n) is 2.50. The summed E-state index contributed by atoms with van der Waals surface area (Å²) in [5, 5.41) is 10.3. The summed E-state index contributed by atoms with van der Waals surface area (Å²) in [5.74, 6) is 1.47. The summed E-state index contributed by atoms with van der Waals surface area (Å²) in [6.07, 6.45) is 3.13. The Labute approximate surface area is 135 Å². The van der Waals surface area contributed by atoms with E-state index in [4.69, 9.17) is 9.15 Å². The lowest BCUT2D eigenvalue weighted by Gasteiger charge is -2.10. The molecule has 0 aliphatic heterocycles. The Bertz CT molecular complexity index is 977. The molecular weight excluding hydrogens is 312 g/mol. The summed E-state index contributed by atoms with van der Waals surface area (Å²) in [7, 11) is 1.57. The van der Waals surface area contributed by atoms with E-state index in [0.29, 0.717) is 17.0 Å². The Hall–Kier alpha value is -2.86. The number of thiophene rings is 1. The quantitative estimate of drug-likeness (QED) is 0.607. The minimum Gasteiger partial charge on any atom is -0.507 e. The van der Waals surface area contributed by atoms with Gasteiger partial charge in [-0.3, -0.25) is 0 Å². The van der Waals surface area contributed by atoms with Crippen LogP contribution in [0.1, 0.15) is 0 Å². The molecule has 0 aliphatic carbocycles. The van der Waals surface area contributed by atoms with Crippen LogP contribution in [0, 0.1) is 0 Å². The minimum atomic E-state index is 0.122. The SMILES string of the molecule is COc1cccc(O)c1-c1ncnc2cc(-c3ccco3)sc12. The maximum absolute atomic E-state index is 10.3. The molecule has 114 valence electrons. The number of benzene rings is 1. The molecule has 3 heterocycles. The molecule has 4 rings (SSSR count). The van der Waals surface area contributed by atoms with Gasteiger partial charge in [0.15, 0.2) is 0 Å². The fourth-order valence-corrected chi connectivity index (χ4v) is 3.58. The lowest BCUT2D eigenvalue weighted by molar-refractivity contribution is 0.410. The molecule has 23 heavy (non-hydrogen) atoms. The van der Waals surface area contributed by atoms with Gasteiger partial charge in [0.05, 0.1) is 39.7 Å². The van der Waals surface area contributed by atoms with Crippen molar-refractivity contribution in [1.82, 2.24) is 9.97 Å². The maximum atomic E-state index is 10.3. The Balaban J connectivity index is 1.98. The molecule has 5 nitrogen and oxygen atoms in total.